The van der Waals surface area contributed by atoms with E-state index in [0.29, 0.717) is 5.82 Å². The number of nitrogens with zero attached hydrogens (tertiary/aromatic N) is 4. The summed E-state index contributed by atoms with van der Waals surface area (Å²) in [6, 6.07) is 9.11. The molecule has 2 aromatic rings. The summed E-state index contributed by atoms with van der Waals surface area (Å²) in [7, 11) is 0. The second-order valence-corrected chi connectivity index (χ2v) is 8.85. The van der Waals surface area contributed by atoms with Crippen molar-refractivity contribution < 1.29 is 9.59 Å². The number of carbonyl (C=O) groups is 2. The summed E-state index contributed by atoms with van der Waals surface area (Å²) in [4.78, 5) is 36.7. The predicted octanol–water partition coefficient (Wildman–Crippen LogP) is 2.91. The number of nitrogen functional groups attached to an aromatic ring is 1. The SMILES string of the molecule is CC(C)N(C(=O)CCl)c1ccccc1.CC(C)c1nn(C(=O)NC(C)(C)C)c(=O)n1N. The van der Waals surface area contributed by atoms with E-state index in [4.69, 9.17) is 17.4 Å². The number of hydrogen-bond acceptors (Lipinski definition) is 5. The number of amides is 2. The molecule has 10 heteroatoms. The summed E-state index contributed by atoms with van der Waals surface area (Å²) in [5, 5.41) is 6.57. The molecule has 0 aliphatic heterocycles. The summed E-state index contributed by atoms with van der Waals surface area (Å²) in [6.45, 7) is 13.1. The van der Waals surface area contributed by atoms with Crippen LogP contribution < -0.4 is 21.7 Å². The van der Waals surface area contributed by atoms with Crippen LogP contribution in [0.1, 0.15) is 60.2 Å². The van der Waals surface area contributed by atoms with E-state index in [1.165, 1.54) is 0 Å². The van der Waals surface area contributed by atoms with Gasteiger partial charge in [0.15, 0.2) is 5.82 Å². The molecule has 0 unspecified atom stereocenters. The summed E-state index contributed by atoms with van der Waals surface area (Å²) >= 11 is 5.55. The van der Waals surface area contributed by atoms with Crippen LogP contribution in [0.4, 0.5) is 10.5 Å². The lowest BCUT2D eigenvalue weighted by Crippen LogP contribution is -2.47. The van der Waals surface area contributed by atoms with Gasteiger partial charge < -0.3 is 16.1 Å². The van der Waals surface area contributed by atoms with E-state index < -0.39 is 17.3 Å². The van der Waals surface area contributed by atoms with Crippen LogP contribution in [0.5, 0.6) is 0 Å². The number of hydrogen-bond donors (Lipinski definition) is 2. The molecule has 0 atom stereocenters. The van der Waals surface area contributed by atoms with Gasteiger partial charge in [-0.1, -0.05) is 32.0 Å². The van der Waals surface area contributed by atoms with Crippen molar-refractivity contribution in [2.75, 3.05) is 16.6 Å². The van der Waals surface area contributed by atoms with Gasteiger partial charge >= 0.3 is 11.7 Å². The third kappa shape index (κ3) is 7.43. The average Bonchev–Trinajstić information content (AvgIpc) is 2.97. The van der Waals surface area contributed by atoms with Crippen molar-refractivity contribution in [3.8, 4) is 0 Å². The molecule has 1 heterocycles. The Balaban J connectivity index is 0.000000316. The fourth-order valence-electron chi connectivity index (χ4n) is 2.68. The first-order valence-electron chi connectivity index (χ1n) is 10.0. The Hall–Kier alpha value is -2.81. The maximum absolute atomic E-state index is 11.8. The number of alkyl halides is 1. The topological polar surface area (TPSA) is 115 Å². The minimum absolute atomic E-state index is 0.0209. The average molecular weight is 453 g/mol. The molecule has 0 saturated carbocycles. The third-order valence-electron chi connectivity index (χ3n) is 3.96. The van der Waals surface area contributed by atoms with E-state index in [1.807, 2.05) is 78.8 Å². The number of halogens is 1. The van der Waals surface area contributed by atoms with Crippen molar-refractivity contribution in [2.24, 2.45) is 0 Å². The minimum Gasteiger partial charge on any atom is -0.333 e. The molecule has 9 nitrogen and oxygen atoms in total. The Morgan fingerprint density at radius 2 is 1.71 bits per heavy atom. The van der Waals surface area contributed by atoms with Crippen molar-refractivity contribution in [2.45, 2.75) is 66.0 Å². The molecule has 0 aliphatic carbocycles. The zero-order chi connectivity index (χ0) is 23.9. The number of benzene rings is 1. The Kier molecular flexibility index (Phi) is 9.30. The summed E-state index contributed by atoms with van der Waals surface area (Å²) < 4.78 is 1.65. The van der Waals surface area contributed by atoms with Gasteiger partial charge in [0, 0.05) is 23.2 Å². The Morgan fingerprint density at radius 3 is 2.10 bits per heavy atom. The fraction of sp³-hybridized carbons (Fsp3) is 0.524. The highest BCUT2D eigenvalue weighted by Crippen LogP contribution is 2.16. The highest BCUT2D eigenvalue weighted by atomic mass is 35.5. The normalized spacial score (nSPS) is 11.2. The maximum atomic E-state index is 11.8. The second-order valence-electron chi connectivity index (χ2n) is 8.58. The fourth-order valence-corrected chi connectivity index (χ4v) is 2.80. The van der Waals surface area contributed by atoms with Gasteiger partial charge in [-0.2, -0.15) is 4.68 Å². The number of para-hydroxylation sites is 1. The van der Waals surface area contributed by atoms with Crippen LogP contribution in [0.3, 0.4) is 0 Å². The predicted molar refractivity (Wildman–Crippen MR) is 124 cm³/mol. The molecule has 2 amide bonds. The molecule has 1 aromatic heterocycles. The van der Waals surface area contributed by atoms with Crippen LogP contribution in [0.25, 0.3) is 0 Å². The molecule has 0 bridgehead atoms. The number of aromatic nitrogens is 3. The molecule has 0 radical (unpaired) electrons. The standard InChI is InChI=1S/C11H14ClNO.C10H19N5O2/c1-9(2)13(11(14)8-12)10-6-4-3-5-7-10;1-6(2)7-13-15(9(17)14(7)11)8(16)12-10(3,4)5/h3-7,9H,8H2,1-2H3;6H,11H2,1-5H3,(H,12,16). The maximum Gasteiger partial charge on any atom is 0.373 e. The smallest absolute Gasteiger partial charge is 0.333 e. The van der Waals surface area contributed by atoms with Gasteiger partial charge in [0.25, 0.3) is 0 Å². The van der Waals surface area contributed by atoms with Crippen LogP contribution >= 0.6 is 11.6 Å². The minimum atomic E-state index is -0.643. The molecule has 0 fully saturated rings. The molecular formula is C21H33ClN6O3. The van der Waals surface area contributed by atoms with E-state index in [-0.39, 0.29) is 23.7 Å². The molecule has 3 N–H and O–H groups in total. The van der Waals surface area contributed by atoms with Gasteiger partial charge in [0.2, 0.25) is 5.91 Å². The van der Waals surface area contributed by atoms with E-state index in [1.54, 1.807) is 4.90 Å². The van der Waals surface area contributed by atoms with Crippen LogP contribution in [0.2, 0.25) is 0 Å². The molecular weight excluding hydrogens is 420 g/mol. The van der Waals surface area contributed by atoms with Gasteiger partial charge in [-0.15, -0.1) is 21.4 Å². The van der Waals surface area contributed by atoms with Gasteiger partial charge in [-0.05, 0) is 46.8 Å². The van der Waals surface area contributed by atoms with Gasteiger partial charge in [-0.25, -0.2) is 9.59 Å². The van der Waals surface area contributed by atoms with E-state index in [9.17, 15) is 14.4 Å². The summed E-state index contributed by atoms with van der Waals surface area (Å²) in [5.74, 6) is 5.85. The van der Waals surface area contributed by atoms with Crippen LogP contribution in [-0.2, 0) is 4.79 Å². The van der Waals surface area contributed by atoms with Crippen LogP contribution in [0.15, 0.2) is 35.1 Å². The lowest BCUT2D eigenvalue weighted by molar-refractivity contribution is -0.116. The number of nitrogens with two attached hydrogens (primary N) is 1. The molecule has 2 rings (SSSR count). The zero-order valence-electron chi connectivity index (χ0n) is 19.2. The van der Waals surface area contributed by atoms with E-state index >= 15 is 0 Å². The first-order chi connectivity index (χ1) is 14.3. The highest BCUT2D eigenvalue weighted by Gasteiger charge is 2.22. The van der Waals surface area contributed by atoms with Crippen molar-refractivity contribution in [1.29, 1.82) is 0 Å². The number of rotatable bonds is 4. The second kappa shape index (κ2) is 11.0. The summed E-state index contributed by atoms with van der Waals surface area (Å²) in [5.41, 5.74) is -0.184. The third-order valence-corrected chi connectivity index (χ3v) is 4.19. The van der Waals surface area contributed by atoms with Crippen molar-refractivity contribution in [1.82, 2.24) is 19.8 Å². The molecule has 0 aliphatic rings. The quantitative estimate of drug-likeness (QED) is 0.546. The van der Waals surface area contributed by atoms with Crippen LogP contribution in [-0.4, -0.2) is 43.9 Å². The first kappa shape index (κ1) is 26.2. The Labute approximate surface area is 188 Å². The lowest BCUT2D eigenvalue weighted by atomic mass is 10.1. The molecule has 0 saturated heterocycles. The van der Waals surface area contributed by atoms with Gasteiger partial charge in [-0.3, -0.25) is 4.79 Å². The largest absolute Gasteiger partial charge is 0.373 e. The van der Waals surface area contributed by atoms with Crippen molar-refractivity contribution >= 4 is 29.2 Å². The molecule has 1 aromatic carbocycles. The van der Waals surface area contributed by atoms with E-state index in [0.717, 1.165) is 15.0 Å². The number of carbonyl (C=O) groups excluding carboxylic acids is 2. The van der Waals surface area contributed by atoms with Gasteiger partial charge in [0.05, 0.1) is 0 Å². The lowest BCUT2D eigenvalue weighted by Gasteiger charge is -2.25. The van der Waals surface area contributed by atoms with Gasteiger partial charge in [0.1, 0.15) is 5.88 Å². The summed E-state index contributed by atoms with van der Waals surface area (Å²) in [6.07, 6.45) is 0. The highest BCUT2D eigenvalue weighted by molar-refractivity contribution is 6.29. The zero-order valence-corrected chi connectivity index (χ0v) is 20.0. The molecule has 0 spiro atoms. The van der Waals surface area contributed by atoms with Crippen molar-refractivity contribution in [3.05, 3.63) is 46.6 Å². The van der Waals surface area contributed by atoms with Crippen molar-refractivity contribution in [3.63, 3.8) is 0 Å². The Bertz CT molecular complexity index is 929. The number of anilines is 1. The van der Waals surface area contributed by atoms with E-state index in [2.05, 4.69) is 10.4 Å². The first-order valence-corrected chi connectivity index (χ1v) is 10.6. The number of nitrogens with one attached hydrogen (secondary N) is 1. The monoisotopic (exact) mass is 452 g/mol. The molecule has 172 valence electrons. The van der Waals surface area contributed by atoms with Crippen LogP contribution in [0, 0.1) is 0 Å². The molecule has 31 heavy (non-hydrogen) atoms. The Morgan fingerprint density at radius 1 is 1.16 bits per heavy atom.